The van der Waals surface area contributed by atoms with Crippen molar-refractivity contribution >= 4 is 17.4 Å². The Morgan fingerprint density at radius 3 is 2.65 bits per heavy atom. The molecule has 160 valence electrons. The summed E-state index contributed by atoms with van der Waals surface area (Å²) < 4.78 is 10.6. The molecule has 0 saturated carbocycles. The molecular formula is C21H21N5O5. The van der Waals surface area contributed by atoms with E-state index in [-0.39, 0.29) is 17.6 Å². The molecule has 0 bridgehead atoms. The van der Waals surface area contributed by atoms with E-state index in [1.165, 1.54) is 24.3 Å². The molecule has 31 heavy (non-hydrogen) atoms. The van der Waals surface area contributed by atoms with Crippen LogP contribution in [0.5, 0.6) is 5.75 Å². The molecule has 2 amide bonds. The predicted molar refractivity (Wildman–Crippen MR) is 112 cm³/mol. The van der Waals surface area contributed by atoms with Crippen LogP contribution in [-0.4, -0.2) is 46.2 Å². The number of nitro groups is 1. The first-order chi connectivity index (χ1) is 15.0. The normalized spacial score (nSPS) is 16.0. The minimum atomic E-state index is -0.481. The topological polar surface area (TPSA) is 124 Å². The standard InChI is InChI=1S/C21H21N5O5/c1-30-18-10-4-14(5-11-18)19-23-20(31-24-19)15-3-2-12-25(13-15)21(27)22-16-6-8-17(9-7-16)26(28)29/h4-11,15H,2-3,12-13H2,1H3,(H,22,27). The van der Waals surface area contributed by atoms with Crippen LogP contribution in [0.1, 0.15) is 24.7 Å². The van der Waals surface area contributed by atoms with Gasteiger partial charge < -0.3 is 19.5 Å². The number of non-ortho nitro benzene ring substituents is 1. The molecule has 1 aliphatic rings. The number of nitro benzene ring substituents is 1. The van der Waals surface area contributed by atoms with Crippen LogP contribution in [0.3, 0.4) is 0 Å². The summed E-state index contributed by atoms with van der Waals surface area (Å²) in [6.45, 7) is 1.05. The lowest BCUT2D eigenvalue weighted by molar-refractivity contribution is -0.384. The van der Waals surface area contributed by atoms with Gasteiger partial charge in [-0.1, -0.05) is 5.16 Å². The molecule has 1 N–H and O–H groups in total. The molecule has 1 aromatic heterocycles. The van der Waals surface area contributed by atoms with Gasteiger partial charge in [0.25, 0.3) is 5.69 Å². The van der Waals surface area contributed by atoms with E-state index in [9.17, 15) is 14.9 Å². The molecule has 1 saturated heterocycles. The average Bonchev–Trinajstić information content (AvgIpc) is 3.30. The Hall–Kier alpha value is -3.95. The zero-order chi connectivity index (χ0) is 21.8. The van der Waals surface area contributed by atoms with Crippen LogP contribution in [0, 0.1) is 10.1 Å². The number of methoxy groups -OCH3 is 1. The van der Waals surface area contributed by atoms with Crippen molar-refractivity contribution in [3.05, 3.63) is 64.5 Å². The van der Waals surface area contributed by atoms with E-state index >= 15 is 0 Å². The lowest BCUT2D eigenvalue weighted by Gasteiger charge is -2.31. The van der Waals surface area contributed by atoms with Crippen LogP contribution >= 0.6 is 0 Å². The van der Waals surface area contributed by atoms with Crippen molar-refractivity contribution in [3.8, 4) is 17.1 Å². The number of carbonyl (C=O) groups is 1. The van der Waals surface area contributed by atoms with Gasteiger partial charge in [0, 0.05) is 36.5 Å². The summed E-state index contributed by atoms with van der Waals surface area (Å²) in [5.41, 5.74) is 1.29. The molecular weight excluding hydrogens is 402 g/mol. The largest absolute Gasteiger partial charge is 0.497 e. The summed E-state index contributed by atoms with van der Waals surface area (Å²) in [6.07, 6.45) is 1.64. The molecule has 10 heteroatoms. The predicted octanol–water partition coefficient (Wildman–Crippen LogP) is 4.06. The van der Waals surface area contributed by atoms with Gasteiger partial charge in [0.1, 0.15) is 5.75 Å². The summed E-state index contributed by atoms with van der Waals surface area (Å²) in [4.78, 5) is 29.1. The summed E-state index contributed by atoms with van der Waals surface area (Å²) in [5, 5.41) is 17.6. The number of urea groups is 1. The number of carbonyl (C=O) groups excluding carboxylic acids is 1. The third-order valence-electron chi connectivity index (χ3n) is 5.18. The second-order valence-corrected chi connectivity index (χ2v) is 7.20. The van der Waals surface area contributed by atoms with Gasteiger partial charge in [0.15, 0.2) is 0 Å². The van der Waals surface area contributed by atoms with Crippen molar-refractivity contribution in [1.82, 2.24) is 15.0 Å². The first-order valence-electron chi connectivity index (χ1n) is 9.82. The number of rotatable bonds is 5. The lowest BCUT2D eigenvalue weighted by Crippen LogP contribution is -2.41. The molecule has 2 heterocycles. The summed E-state index contributed by atoms with van der Waals surface area (Å²) in [6, 6.07) is 12.8. The Kier molecular flexibility index (Phi) is 5.78. The van der Waals surface area contributed by atoms with Gasteiger partial charge in [-0.05, 0) is 49.2 Å². The van der Waals surface area contributed by atoms with E-state index < -0.39 is 4.92 Å². The van der Waals surface area contributed by atoms with E-state index in [2.05, 4.69) is 15.5 Å². The van der Waals surface area contributed by atoms with E-state index in [0.717, 1.165) is 24.2 Å². The Morgan fingerprint density at radius 1 is 1.23 bits per heavy atom. The number of hydrogen-bond acceptors (Lipinski definition) is 7. The monoisotopic (exact) mass is 423 g/mol. The highest BCUT2D eigenvalue weighted by Gasteiger charge is 2.29. The van der Waals surface area contributed by atoms with E-state index in [1.54, 1.807) is 12.0 Å². The Morgan fingerprint density at radius 2 is 1.97 bits per heavy atom. The number of piperidine rings is 1. The maximum Gasteiger partial charge on any atom is 0.321 e. The zero-order valence-electron chi connectivity index (χ0n) is 16.9. The fourth-order valence-corrected chi connectivity index (χ4v) is 3.49. The van der Waals surface area contributed by atoms with E-state index in [1.807, 2.05) is 24.3 Å². The van der Waals surface area contributed by atoms with Gasteiger partial charge in [-0.3, -0.25) is 10.1 Å². The van der Waals surface area contributed by atoms with Gasteiger partial charge in [0.05, 0.1) is 18.0 Å². The van der Waals surface area contributed by atoms with Gasteiger partial charge in [-0.25, -0.2) is 4.79 Å². The van der Waals surface area contributed by atoms with Gasteiger partial charge in [-0.15, -0.1) is 0 Å². The summed E-state index contributed by atoms with van der Waals surface area (Å²) in [5.74, 6) is 1.68. The molecule has 1 unspecified atom stereocenters. The van der Waals surface area contributed by atoms with Gasteiger partial charge in [0.2, 0.25) is 11.7 Å². The second-order valence-electron chi connectivity index (χ2n) is 7.20. The quantitative estimate of drug-likeness (QED) is 0.485. The number of benzene rings is 2. The maximum absolute atomic E-state index is 12.7. The van der Waals surface area contributed by atoms with Crippen LogP contribution in [0.2, 0.25) is 0 Å². The molecule has 10 nitrogen and oxygen atoms in total. The Balaban J connectivity index is 1.40. The molecule has 0 radical (unpaired) electrons. The van der Waals surface area contributed by atoms with Crippen molar-refractivity contribution < 1.29 is 19.0 Å². The van der Waals surface area contributed by atoms with Crippen molar-refractivity contribution in [2.24, 2.45) is 0 Å². The zero-order valence-corrected chi connectivity index (χ0v) is 16.9. The van der Waals surface area contributed by atoms with Crippen molar-refractivity contribution in [2.45, 2.75) is 18.8 Å². The van der Waals surface area contributed by atoms with Crippen LogP contribution in [0.4, 0.5) is 16.2 Å². The first kappa shape index (κ1) is 20.3. The SMILES string of the molecule is COc1ccc(-c2noc(C3CCCN(C(=O)Nc4ccc([N+](=O)[O-])cc4)C3)n2)cc1. The highest BCUT2D eigenvalue weighted by Crippen LogP contribution is 2.28. The minimum absolute atomic E-state index is 0.0277. The third kappa shape index (κ3) is 4.63. The van der Waals surface area contributed by atoms with Crippen molar-refractivity contribution in [2.75, 3.05) is 25.5 Å². The van der Waals surface area contributed by atoms with E-state index in [4.69, 9.17) is 9.26 Å². The smallest absolute Gasteiger partial charge is 0.321 e. The van der Waals surface area contributed by atoms with Gasteiger partial charge in [-0.2, -0.15) is 4.98 Å². The number of anilines is 1. The summed E-state index contributed by atoms with van der Waals surface area (Å²) in [7, 11) is 1.61. The minimum Gasteiger partial charge on any atom is -0.497 e. The fraction of sp³-hybridized carbons (Fsp3) is 0.286. The number of amides is 2. The number of likely N-dealkylation sites (tertiary alicyclic amines) is 1. The average molecular weight is 423 g/mol. The number of nitrogens with one attached hydrogen (secondary N) is 1. The second kappa shape index (κ2) is 8.82. The molecule has 3 aromatic rings. The molecule has 1 fully saturated rings. The summed E-state index contributed by atoms with van der Waals surface area (Å²) >= 11 is 0. The van der Waals surface area contributed by atoms with Crippen LogP contribution in [0.25, 0.3) is 11.4 Å². The molecule has 4 rings (SSSR count). The van der Waals surface area contributed by atoms with Crippen molar-refractivity contribution in [1.29, 1.82) is 0 Å². The maximum atomic E-state index is 12.7. The molecule has 1 aliphatic heterocycles. The highest BCUT2D eigenvalue weighted by molar-refractivity contribution is 5.89. The number of nitrogens with zero attached hydrogens (tertiary/aromatic N) is 4. The first-order valence-corrected chi connectivity index (χ1v) is 9.82. The lowest BCUT2D eigenvalue weighted by atomic mass is 9.98. The molecule has 1 atom stereocenters. The van der Waals surface area contributed by atoms with E-state index in [0.29, 0.717) is 30.5 Å². The Labute approximate surface area is 178 Å². The van der Waals surface area contributed by atoms with Gasteiger partial charge >= 0.3 is 6.03 Å². The van der Waals surface area contributed by atoms with Crippen LogP contribution in [0.15, 0.2) is 53.1 Å². The Bertz CT molecular complexity index is 1060. The molecule has 2 aromatic carbocycles. The van der Waals surface area contributed by atoms with Crippen LogP contribution < -0.4 is 10.1 Å². The molecule has 0 spiro atoms. The fourth-order valence-electron chi connectivity index (χ4n) is 3.49. The number of hydrogen-bond donors (Lipinski definition) is 1. The number of ether oxygens (including phenoxy) is 1. The third-order valence-corrected chi connectivity index (χ3v) is 5.18. The number of aromatic nitrogens is 2. The van der Waals surface area contributed by atoms with Crippen LogP contribution in [-0.2, 0) is 0 Å². The highest BCUT2D eigenvalue weighted by atomic mass is 16.6. The van der Waals surface area contributed by atoms with Crippen molar-refractivity contribution in [3.63, 3.8) is 0 Å². The molecule has 0 aliphatic carbocycles.